The lowest BCUT2D eigenvalue weighted by molar-refractivity contribution is 0.288. The highest BCUT2D eigenvalue weighted by Crippen LogP contribution is 2.22. The Hall–Kier alpha value is -0.620. The van der Waals surface area contributed by atoms with Gasteiger partial charge in [-0.15, -0.1) is 11.3 Å². The molecule has 0 aliphatic heterocycles. The lowest BCUT2D eigenvalue weighted by Crippen LogP contribution is -2.16. The van der Waals surface area contributed by atoms with E-state index in [1.54, 1.807) is 11.3 Å². The van der Waals surface area contributed by atoms with E-state index in [4.69, 9.17) is 4.42 Å². The Labute approximate surface area is 132 Å². The quantitative estimate of drug-likeness (QED) is 0.814. The fraction of sp³-hybridized carbons (Fsp3) is 0.467. The number of hydrogen-bond donors (Lipinski definition) is 1. The van der Waals surface area contributed by atoms with Crippen LogP contribution in [-0.4, -0.2) is 18.0 Å². The summed E-state index contributed by atoms with van der Waals surface area (Å²) in [7, 11) is 2.12. The monoisotopic (exact) mass is 354 g/mol. The second-order valence-corrected chi connectivity index (χ2v) is 7.80. The molecule has 0 amide bonds. The molecule has 0 saturated heterocycles. The first-order chi connectivity index (χ1) is 9.69. The van der Waals surface area contributed by atoms with Crippen LogP contribution in [-0.2, 0) is 19.6 Å². The van der Waals surface area contributed by atoms with Gasteiger partial charge in [-0.05, 0) is 58.9 Å². The van der Waals surface area contributed by atoms with E-state index >= 15 is 0 Å². The smallest absolute Gasteiger partial charge is 0.118 e. The number of nitrogens with one attached hydrogen (secondary N) is 1. The van der Waals surface area contributed by atoms with E-state index in [-0.39, 0.29) is 0 Å². The van der Waals surface area contributed by atoms with Crippen LogP contribution >= 0.6 is 27.3 Å². The van der Waals surface area contributed by atoms with Crippen LogP contribution in [0, 0.1) is 0 Å². The summed E-state index contributed by atoms with van der Waals surface area (Å²) in [5.41, 5.74) is 2.59. The van der Waals surface area contributed by atoms with Gasteiger partial charge in [0.15, 0.2) is 0 Å². The zero-order valence-electron chi connectivity index (χ0n) is 11.6. The summed E-state index contributed by atoms with van der Waals surface area (Å²) in [5.74, 6) is 1.04. The van der Waals surface area contributed by atoms with Gasteiger partial charge in [0.25, 0.3) is 0 Å². The Bertz CT molecular complexity index is 562. The molecule has 3 nitrogen and oxygen atoms in total. The van der Waals surface area contributed by atoms with E-state index in [9.17, 15) is 0 Å². The zero-order valence-corrected chi connectivity index (χ0v) is 14.0. The van der Waals surface area contributed by atoms with E-state index in [0.717, 1.165) is 31.4 Å². The fourth-order valence-electron chi connectivity index (χ4n) is 2.21. The highest BCUT2D eigenvalue weighted by Gasteiger charge is 2.20. The van der Waals surface area contributed by atoms with E-state index < -0.39 is 0 Å². The summed E-state index contributed by atoms with van der Waals surface area (Å²) in [6.45, 7) is 2.71. The minimum atomic E-state index is 0.744. The third kappa shape index (κ3) is 4.19. The molecule has 5 heteroatoms. The van der Waals surface area contributed by atoms with Crippen LogP contribution in [0.2, 0.25) is 0 Å². The molecule has 0 atom stereocenters. The van der Waals surface area contributed by atoms with Crippen molar-refractivity contribution < 1.29 is 4.42 Å². The molecular formula is C15H19BrN2OS. The van der Waals surface area contributed by atoms with Crippen LogP contribution in [0.5, 0.6) is 0 Å². The first kappa shape index (κ1) is 14.3. The standard InChI is InChI=1S/C15H19BrN2OS/c1-18(7-12-5-15(16)20-10-12)8-14-4-11(9-19-14)6-17-13-2-3-13/h4-5,9-10,13,17H,2-3,6-8H2,1H3. The van der Waals surface area contributed by atoms with Crippen molar-refractivity contribution in [3.05, 3.63) is 44.4 Å². The van der Waals surface area contributed by atoms with Crippen molar-refractivity contribution in [2.24, 2.45) is 0 Å². The van der Waals surface area contributed by atoms with Crippen molar-refractivity contribution in [2.45, 2.75) is 38.5 Å². The lowest BCUT2D eigenvalue weighted by Gasteiger charge is -2.13. The van der Waals surface area contributed by atoms with Gasteiger partial charge in [-0.3, -0.25) is 4.90 Å². The highest BCUT2D eigenvalue weighted by molar-refractivity contribution is 9.11. The van der Waals surface area contributed by atoms with E-state index in [2.05, 4.69) is 50.7 Å². The fourth-order valence-corrected chi connectivity index (χ4v) is 3.41. The molecular weight excluding hydrogens is 336 g/mol. The summed E-state index contributed by atoms with van der Waals surface area (Å²) in [6, 6.07) is 5.08. The molecule has 1 N–H and O–H groups in total. The van der Waals surface area contributed by atoms with Gasteiger partial charge in [0.2, 0.25) is 0 Å². The van der Waals surface area contributed by atoms with E-state index in [1.165, 1.54) is 27.8 Å². The molecule has 3 rings (SSSR count). The SMILES string of the molecule is CN(Cc1csc(Br)c1)Cc1cc(CNC2CC2)co1. The summed E-state index contributed by atoms with van der Waals surface area (Å²) >= 11 is 5.23. The van der Waals surface area contributed by atoms with E-state index in [0.29, 0.717) is 0 Å². The Morgan fingerprint density at radius 1 is 1.35 bits per heavy atom. The first-order valence-corrected chi connectivity index (χ1v) is 8.57. The predicted octanol–water partition coefficient (Wildman–Crippen LogP) is 3.99. The highest BCUT2D eigenvalue weighted by atomic mass is 79.9. The van der Waals surface area contributed by atoms with Crippen molar-refractivity contribution in [1.29, 1.82) is 0 Å². The molecule has 2 aromatic heterocycles. The lowest BCUT2D eigenvalue weighted by atomic mass is 10.3. The Morgan fingerprint density at radius 3 is 2.90 bits per heavy atom. The molecule has 2 aromatic rings. The Morgan fingerprint density at radius 2 is 2.20 bits per heavy atom. The van der Waals surface area contributed by atoms with Gasteiger partial charge < -0.3 is 9.73 Å². The predicted molar refractivity (Wildman–Crippen MR) is 85.8 cm³/mol. The third-order valence-corrected chi connectivity index (χ3v) is 4.93. The van der Waals surface area contributed by atoms with E-state index in [1.807, 2.05) is 6.26 Å². The molecule has 108 valence electrons. The van der Waals surface area contributed by atoms with Gasteiger partial charge in [0, 0.05) is 24.7 Å². The van der Waals surface area contributed by atoms with Gasteiger partial charge in [0.05, 0.1) is 16.6 Å². The molecule has 1 saturated carbocycles. The molecule has 2 heterocycles. The van der Waals surface area contributed by atoms with Gasteiger partial charge in [-0.2, -0.15) is 0 Å². The Kier molecular flexibility index (Phi) is 4.61. The van der Waals surface area contributed by atoms with Gasteiger partial charge >= 0.3 is 0 Å². The molecule has 0 spiro atoms. The first-order valence-electron chi connectivity index (χ1n) is 6.90. The molecule has 1 aliphatic carbocycles. The van der Waals surface area contributed by atoms with Crippen LogP contribution < -0.4 is 5.32 Å². The second kappa shape index (κ2) is 6.43. The third-order valence-electron chi connectivity index (χ3n) is 3.38. The summed E-state index contributed by atoms with van der Waals surface area (Å²) in [6.07, 6.45) is 4.52. The largest absolute Gasteiger partial charge is 0.468 e. The van der Waals surface area contributed by atoms with Crippen molar-refractivity contribution >= 4 is 27.3 Å². The molecule has 0 bridgehead atoms. The average Bonchev–Trinajstić information content (AvgIpc) is 3.00. The molecule has 0 radical (unpaired) electrons. The van der Waals surface area contributed by atoms with Crippen LogP contribution in [0.4, 0.5) is 0 Å². The van der Waals surface area contributed by atoms with Crippen LogP contribution in [0.25, 0.3) is 0 Å². The second-order valence-electron chi connectivity index (χ2n) is 5.51. The van der Waals surface area contributed by atoms with Crippen LogP contribution in [0.1, 0.15) is 29.7 Å². The Balaban J connectivity index is 1.48. The minimum absolute atomic E-state index is 0.744. The molecule has 1 aliphatic rings. The maximum atomic E-state index is 5.64. The molecule has 0 aromatic carbocycles. The van der Waals surface area contributed by atoms with Crippen LogP contribution in [0.3, 0.4) is 0 Å². The number of rotatable bonds is 7. The van der Waals surface area contributed by atoms with Crippen molar-refractivity contribution in [1.82, 2.24) is 10.2 Å². The summed E-state index contributed by atoms with van der Waals surface area (Å²) in [5, 5.41) is 5.69. The van der Waals surface area contributed by atoms with Gasteiger partial charge in [-0.1, -0.05) is 0 Å². The van der Waals surface area contributed by atoms with Gasteiger partial charge in [-0.25, -0.2) is 0 Å². The number of halogens is 1. The number of nitrogens with zero attached hydrogens (tertiary/aromatic N) is 1. The van der Waals surface area contributed by atoms with Crippen molar-refractivity contribution in [2.75, 3.05) is 7.05 Å². The summed E-state index contributed by atoms with van der Waals surface area (Å²) < 4.78 is 6.83. The molecule has 20 heavy (non-hydrogen) atoms. The summed E-state index contributed by atoms with van der Waals surface area (Å²) in [4.78, 5) is 2.27. The normalized spacial score (nSPS) is 15.2. The maximum absolute atomic E-state index is 5.64. The van der Waals surface area contributed by atoms with Crippen molar-refractivity contribution in [3.8, 4) is 0 Å². The van der Waals surface area contributed by atoms with Crippen molar-refractivity contribution in [3.63, 3.8) is 0 Å². The molecule has 0 unspecified atom stereocenters. The number of furan rings is 1. The number of thiophene rings is 1. The zero-order chi connectivity index (χ0) is 13.9. The average molecular weight is 355 g/mol. The number of hydrogen-bond acceptors (Lipinski definition) is 4. The maximum Gasteiger partial charge on any atom is 0.118 e. The van der Waals surface area contributed by atoms with Crippen LogP contribution in [0.15, 0.2) is 32.0 Å². The topological polar surface area (TPSA) is 28.4 Å². The van der Waals surface area contributed by atoms with Gasteiger partial charge in [0.1, 0.15) is 5.76 Å². The minimum Gasteiger partial charge on any atom is -0.468 e. The molecule has 1 fully saturated rings.